The molecule has 3 N–H and O–H groups in total. The minimum Gasteiger partial charge on any atom is -0.383 e. The van der Waals surface area contributed by atoms with Gasteiger partial charge < -0.3 is 15.8 Å². The Kier molecular flexibility index (Phi) is 5.54. The number of carbonyl (C=O) groups is 1. The first-order valence-electron chi connectivity index (χ1n) is 5.00. The molecule has 0 aliphatic carbocycles. The van der Waals surface area contributed by atoms with E-state index in [1.165, 1.54) is 13.2 Å². The number of carbonyl (C=O) groups excluding carboxylic acids is 1. The van der Waals surface area contributed by atoms with Gasteiger partial charge in [-0.15, -0.1) is 0 Å². The van der Waals surface area contributed by atoms with E-state index in [2.05, 4.69) is 21.2 Å². The zero-order valence-corrected chi connectivity index (χ0v) is 11.0. The molecule has 0 heterocycles. The Morgan fingerprint density at radius 3 is 2.94 bits per heavy atom. The quantitative estimate of drug-likeness (QED) is 0.858. The number of amides is 1. The molecular formula is C11H14BrFN2O2. The van der Waals surface area contributed by atoms with Crippen LogP contribution in [-0.4, -0.2) is 25.7 Å². The van der Waals surface area contributed by atoms with Crippen LogP contribution in [0, 0.1) is 5.82 Å². The van der Waals surface area contributed by atoms with E-state index in [9.17, 15) is 9.18 Å². The number of hydrogen-bond donors (Lipinski definition) is 2. The van der Waals surface area contributed by atoms with E-state index in [1.807, 2.05) is 0 Å². The van der Waals surface area contributed by atoms with Gasteiger partial charge in [-0.25, -0.2) is 4.39 Å². The summed E-state index contributed by atoms with van der Waals surface area (Å²) in [6.07, 6.45) is 0. The van der Waals surface area contributed by atoms with Gasteiger partial charge in [0.2, 0.25) is 5.91 Å². The fourth-order valence-corrected chi connectivity index (χ4v) is 1.47. The number of nitrogens with two attached hydrogens (primary N) is 1. The molecule has 17 heavy (non-hydrogen) atoms. The van der Waals surface area contributed by atoms with Crippen LogP contribution in [0.5, 0.6) is 0 Å². The zero-order chi connectivity index (χ0) is 12.8. The molecule has 1 aromatic rings. The predicted molar refractivity (Wildman–Crippen MR) is 65.8 cm³/mol. The fraction of sp³-hybridized carbons (Fsp3) is 0.364. The summed E-state index contributed by atoms with van der Waals surface area (Å²) in [7, 11) is 1.47. The van der Waals surface area contributed by atoms with Gasteiger partial charge in [-0.1, -0.05) is 6.07 Å². The Balaban J connectivity index is 2.50. The number of nitrogens with one attached hydrogen (secondary N) is 1. The van der Waals surface area contributed by atoms with Crippen molar-refractivity contribution in [3.63, 3.8) is 0 Å². The molecular weight excluding hydrogens is 291 g/mol. The van der Waals surface area contributed by atoms with Gasteiger partial charge >= 0.3 is 0 Å². The highest BCUT2D eigenvalue weighted by molar-refractivity contribution is 9.10. The largest absolute Gasteiger partial charge is 0.383 e. The molecule has 0 saturated carbocycles. The Morgan fingerprint density at radius 1 is 1.65 bits per heavy atom. The normalized spacial score (nSPS) is 12.2. The Labute approximate surface area is 107 Å². The first-order valence-corrected chi connectivity index (χ1v) is 5.80. The van der Waals surface area contributed by atoms with Gasteiger partial charge in [0, 0.05) is 13.7 Å². The topological polar surface area (TPSA) is 64.3 Å². The van der Waals surface area contributed by atoms with Crippen LogP contribution >= 0.6 is 15.9 Å². The molecule has 0 saturated heterocycles. The van der Waals surface area contributed by atoms with Gasteiger partial charge in [0.25, 0.3) is 0 Å². The monoisotopic (exact) mass is 304 g/mol. The van der Waals surface area contributed by atoms with Crippen LogP contribution in [0.15, 0.2) is 22.7 Å². The number of methoxy groups -OCH3 is 1. The van der Waals surface area contributed by atoms with Gasteiger partial charge in [0.15, 0.2) is 0 Å². The molecule has 1 amide bonds. The van der Waals surface area contributed by atoms with E-state index >= 15 is 0 Å². The fourth-order valence-electron chi connectivity index (χ4n) is 1.23. The summed E-state index contributed by atoms with van der Waals surface area (Å²) in [6, 6.07) is 3.95. The average Bonchev–Trinajstić information content (AvgIpc) is 2.30. The second-order valence-electron chi connectivity index (χ2n) is 3.53. The number of benzene rings is 1. The third-order valence-corrected chi connectivity index (χ3v) is 2.78. The average molecular weight is 305 g/mol. The smallest absolute Gasteiger partial charge is 0.239 e. The Morgan fingerprint density at radius 2 is 2.35 bits per heavy atom. The van der Waals surface area contributed by atoms with Crippen molar-refractivity contribution in [2.24, 2.45) is 5.73 Å². The molecule has 0 aliphatic rings. The molecule has 0 spiro atoms. The van der Waals surface area contributed by atoms with Gasteiger partial charge in [0.05, 0.1) is 11.1 Å². The van der Waals surface area contributed by atoms with Gasteiger partial charge in [-0.3, -0.25) is 4.79 Å². The van der Waals surface area contributed by atoms with Crippen molar-refractivity contribution in [2.45, 2.75) is 12.6 Å². The van der Waals surface area contributed by atoms with Gasteiger partial charge in [-0.2, -0.15) is 0 Å². The second kappa shape index (κ2) is 6.68. The molecule has 94 valence electrons. The predicted octanol–water partition coefficient (Wildman–Crippen LogP) is 1.18. The van der Waals surface area contributed by atoms with Gasteiger partial charge in [0.1, 0.15) is 11.9 Å². The third-order valence-electron chi connectivity index (χ3n) is 2.13. The van der Waals surface area contributed by atoms with Crippen molar-refractivity contribution in [1.82, 2.24) is 5.32 Å². The highest BCUT2D eigenvalue weighted by Gasteiger charge is 2.12. The SMILES string of the molecule is COCC(N)C(=O)NCc1ccc(Br)c(F)c1. The van der Waals surface area contributed by atoms with E-state index in [4.69, 9.17) is 10.5 Å². The van der Waals surface area contributed by atoms with E-state index in [1.54, 1.807) is 12.1 Å². The Hall–Kier alpha value is -0.980. The molecule has 0 aromatic heterocycles. The summed E-state index contributed by atoms with van der Waals surface area (Å²) in [4.78, 5) is 11.4. The lowest BCUT2D eigenvalue weighted by Gasteiger charge is -2.11. The van der Waals surface area contributed by atoms with E-state index in [-0.39, 0.29) is 24.9 Å². The van der Waals surface area contributed by atoms with Crippen LogP contribution in [0.25, 0.3) is 0 Å². The van der Waals surface area contributed by atoms with E-state index in [0.29, 0.717) is 10.0 Å². The highest BCUT2D eigenvalue weighted by Crippen LogP contribution is 2.16. The molecule has 1 unspecified atom stereocenters. The van der Waals surface area contributed by atoms with Crippen molar-refractivity contribution in [3.05, 3.63) is 34.1 Å². The van der Waals surface area contributed by atoms with Crippen LogP contribution in [0.3, 0.4) is 0 Å². The van der Waals surface area contributed by atoms with Crippen molar-refractivity contribution < 1.29 is 13.9 Å². The highest BCUT2D eigenvalue weighted by atomic mass is 79.9. The summed E-state index contributed by atoms with van der Waals surface area (Å²) in [5.74, 6) is -0.687. The summed E-state index contributed by atoms with van der Waals surface area (Å²) in [6.45, 7) is 0.390. The minimum absolute atomic E-state index is 0.153. The number of ether oxygens (including phenoxy) is 1. The standard InChI is InChI=1S/C11H14BrFN2O2/c1-17-6-10(14)11(16)15-5-7-2-3-8(12)9(13)4-7/h2-4,10H,5-6,14H2,1H3,(H,15,16). The van der Waals surface area contributed by atoms with Crippen LogP contribution in [-0.2, 0) is 16.1 Å². The number of rotatable bonds is 5. The summed E-state index contributed by atoms with van der Waals surface area (Å²) < 4.78 is 18.3. The second-order valence-corrected chi connectivity index (χ2v) is 4.38. The lowest BCUT2D eigenvalue weighted by atomic mass is 10.2. The van der Waals surface area contributed by atoms with Crippen LogP contribution < -0.4 is 11.1 Å². The molecule has 6 heteroatoms. The minimum atomic E-state index is -0.708. The summed E-state index contributed by atoms with van der Waals surface area (Å²) in [5, 5.41) is 2.60. The molecule has 4 nitrogen and oxygen atoms in total. The maximum Gasteiger partial charge on any atom is 0.239 e. The molecule has 0 bridgehead atoms. The van der Waals surface area contributed by atoms with Crippen LogP contribution in [0.2, 0.25) is 0 Å². The molecule has 1 aromatic carbocycles. The zero-order valence-electron chi connectivity index (χ0n) is 9.37. The van der Waals surface area contributed by atoms with Crippen LogP contribution in [0.1, 0.15) is 5.56 Å². The molecule has 0 radical (unpaired) electrons. The lowest BCUT2D eigenvalue weighted by Crippen LogP contribution is -2.43. The molecule has 1 rings (SSSR count). The van der Waals surface area contributed by atoms with Gasteiger partial charge in [-0.05, 0) is 33.6 Å². The third kappa shape index (κ3) is 4.41. The first-order chi connectivity index (χ1) is 8.04. The maximum absolute atomic E-state index is 13.2. The van der Waals surface area contributed by atoms with Crippen LogP contribution in [0.4, 0.5) is 4.39 Å². The molecule has 0 aliphatic heterocycles. The van der Waals surface area contributed by atoms with Crippen molar-refractivity contribution >= 4 is 21.8 Å². The molecule has 1 atom stereocenters. The Bertz CT molecular complexity index is 401. The van der Waals surface area contributed by atoms with Crippen molar-refractivity contribution in [3.8, 4) is 0 Å². The van der Waals surface area contributed by atoms with E-state index in [0.717, 1.165) is 0 Å². The number of hydrogen-bond acceptors (Lipinski definition) is 3. The maximum atomic E-state index is 13.2. The lowest BCUT2D eigenvalue weighted by molar-refractivity contribution is -0.123. The summed E-state index contributed by atoms with van der Waals surface area (Å²) in [5.41, 5.74) is 6.20. The van der Waals surface area contributed by atoms with E-state index < -0.39 is 6.04 Å². The number of halogens is 2. The summed E-state index contributed by atoms with van der Waals surface area (Å²) >= 11 is 3.05. The molecule has 0 fully saturated rings. The van der Waals surface area contributed by atoms with Crippen molar-refractivity contribution in [1.29, 1.82) is 0 Å². The first kappa shape index (κ1) is 14.1. The van der Waals surface area contributed by atoms with Crippen molar-refractivity contribution in [2.75, 3.05) is 13.7 Å².